The Morgan fingerprint density at radius 1 is 1.45 bits per heavy atom. The van der Waals surface area contributed by atoms with E-state index in [4.69, 9.17) is 0 Å². The zero-order chi connectivity index (χ0) is 14.9. The molecule has 1 aromatic heterocycles. The van der Waals surface area contributed by atoms with Crippen LogP contribution < -0.4 is 10.9 Å². The second-order valence-corrected chi connectivity index (χ2v) is 5.24. The minimum atomic E-state index is -0.500. The van der Waals surface area contributed by atoms with E-state index in [0.29, 0.717) is 11.2 Å². The van der Waals surface area contributed by atoms with Crippen molar-refractivity contribution in [1.82, 2.24) is 9.97 Å². The van der Waals surface area contributed by atoms with Crippen LogP contribution in [0.25, 0.3) is 10.9 Å². The number of nitro groups is 1. The first kappa shape index (κ1) is 14.0. The van der Waals surface area contributed by atoms with Crippen LogP contribution in [0.1, 0.15) is 27.2 Å². The van der Waals surface area contributed by atoms with Gasteiger partial charge in [-0.2, -0.15) is 0 Å². The predicted molar refractivity (Wildman–Crippen MR) is 77.0 cm³/mol. The Kier molecular flexibility index (Phi) is 3.44. The molecule has 0 aliphatic rings. The average Bonchev–Trinajstić information content (AvgIpc) is 2.37. The summed E-state index contributed by atoms with van der Waals surface area (Å²) in [6.07, 6.45) is 2.08. The summed E-state index contributed by atoms with van der Waals surface area (Å²) in [5, 5.41) is 14.5. The standard InChI is InChI=1S/C13H16N4O3/c1-4-13(2,3)16-10-6-9-8(5-11(10)17(19)20)12(18)15-7-14-9/h5-7,16H,4H2,1-3H3,(H,14,15,18). The molecule has 0 atom stereocenters. The number of H-pyrrole nitrogens is 1. The van der Waals surface area contributed by atoms with Crippen molar-refractivity contribution in [2.45, 2.75) is 32.7 Å². The minimum Gasteiger partial charge on any atom is -0.375 e. The molecule has 0 aliphatic carbocycles. The van der Waals surface area contributed by atoms with E-state index in [9.17, 15) is 14.9 Å². The molecule has 0 spiro atoms. The van der Waals surface area contributed by atoms with Crippen LogP contribution in [-0.2, 0) is 0 Å². The monoisotopic (exact) mass is 276 g/mol. The van der Waals surface area contributed by atoms with Crippen molar-refractivity contribution >= 4 is 22.3 Å². The van der Waals surface area contributed by atoms with E-state index in [2.05, 4.69) is 15.3 Å². The number of rotatable bonds is 4. The zero-order valence-electron chi connectivity index (χ0n) is 11.6. The number of hydrogen-bond acceptors (Lipinski definition) is 5. The first-order chi connectivity index (χ1) is 9.34. The first-order valence-electron chi connectivity index (χ1n) is 6.28. The quantitative estimate of drug-likeness (QED) is 0.659. The Bertz CT molecular complexity index is 721. The van der Waals surface area contributed by atoms with E-state index in [-0.39, 0.29) is 22.2 Å². The van der Waals surface area contributed by atoms with Gasteiger partial charge in [0.15, 0.2) is 0 Å². The van der Waals surface area contributed by atoms with Crippen molar-refractivity contribution in [1.29, 1.82) is 0 Å². The Morgan fingerprint density at radius 3 is 2.75 bits per heavy atom. The fourth-order valence-electron chi connectivity index (χ4n) is 1.81. The van der Waals surface area contributed by atoms with Gasteiger partial charge >= 0.3 is 0 Å². The smallest absolute Gasteiger partial charge is 0.293 e. The molecule has 2 rings (SSSR count). The van der Waals surface area contributed by atoms with Crippen LogP contribution in [-0.4, -0.2) is 20.4 Å². The molecule has 0 saturated carbocycles. The maximum absolute atomic E-state index is 11.7. The lowest BCUT2D eigenvalue weighted by atomic mass is 10.0. The molecule has 1 heterocycles. The summed E-state index contributed by atoms with van der Waals surface area (Å²) in [6, 6.07) is 2.80. The highest BCUT2D eigenvalue weighted by atomic mass is 16.6. The van der Waals surface area contributed by atoms with Crippen LogP contribution in [0.3, 0.4) is 0 Å². The van der Waals surface area contributed by atoms with Gasteiger partial charge in [-0.3, -0.25) is 14.9 Å². The Labute approximate surface area is 115 Å². The molecule has 0 unspecified atom stereocenters. The second-order valence-electron chi connectivity index (χ2n) is 5.24. The van der Waals surface area contributed by atoms with E-state index < -0.39 is 4.92 Å². The third-order valence-corrected chi connectivity index (χ3v) is 3.31. The summed E-state index contributed by atoms with van der Waals surface area (Å²) in [5.41, 5.74) is -0.0160. The minimum absolute atomic E-state index is 0.127. The third kappa shape index (κ3) is 2.61. The maximum Gasteiger partial charge on any atom is 0.293 e. The fraction of sp³-hybridized carbons (Fsp3) is 0.385. The average molecular weight is 276 g/mol. The molecule has 2 N–H and O–H groups in total. The van der Waals surface area contributed by atoms with Crippen LogP contribution in [0.2, 0.25) is 0 Å². The molecule has 106 valence electrons. The molecule has 7 heteroatoms. The van der Waals surface area contributed by atoms with Crippen LogP contribution in [0.4, 0.5) is 11.4 Å². The lowest BCUT2D eigenvalue weighted by Gasteiger charge is -2.25. The summed E-state index contributed by atoms with van der Waals surface area (Å²) >= 11 is 0. The molecular formula is C13H16N4O3. The van der Waals surface area contributed by atoms with E-state index in [1.807, 2.05) is 20.8 Å². The van der Waals surface area contributed by atoms with Crippen LogP contribution in [0.15, 0.2) is 23.3 Å². The molecule has 1 aromatic carbocycles. The van der Waals surface area contributed by atoms with Crippen LogP contribution >= 0.6 is 0 Å². The van der Waals surface area contributed by atoms with Crippen molar-refractivity contribution in [2.24, 2.45) is 0 Å². The van der Waals surface area contributed by atoms with Gasteiger partial charge in [-0.25, -0.2) is 4.98 Å². The van der Waals surface area contributed by atoms with Crippen molar-refractivity contribution in [3.63, 3.8) is 0 Å². The van der Waals surface area contributed by atoms with Gasteiger partial charge in [0.05, 0.1) is 22.2 Å². The molecule has 0 amide bonds. The second kappa shape index (κ2) is 4.92. The summed E-state index contributed by atoms with van der Waals surface area (Å²) in [4.78, 5) is 28.8. The van der Waals surface area contributed by atoms with E-state index in [0.717, 1.165) is 6.42 Å². The van der Waals surface area contributed by atoms with Crippen LogP contribution in [0.5, 0.6) is 0 Å². The number of hydrogen-bond donors (Lipinski definition) is 2. The lowest BCUT2D eigenvalue weighted by molar-refractivity contribution is -0.383. The molecule has 0 aliphatic heterocycles. The molecular weight excluding hydrogens is 260 g/mol. The number of nitro benzene ring substituents is 1. The van der Waals surface area contributed by atoms with E-state index >= 15 is 0 Å². The third-order valence-electron chi connectivity index (χ3n) is 3.31. The van der Waals surface area contributed by atoms with Crippen molar-refractivity contribution in [2.75, 3.05) is 5.32 Å². The Balaban J connectivity index is 2.66. The Morgan fingerprint density at radius 2 is 2.15 bits per heavy atom. The van der Waals surface area contributed by atoms with Gasteiger partial charge in [0.2, 0.25) is 0 Å². The molecule has 2 aromatic rings. The number of anilines is 1. The Hall–Kier alpha value is -2.44. The number of fused-ring (bicyclic) bond motifs is 1. The number of nitrogens with zero attached hydrogens (tertiary/aromatic N) is 2. The number of aromatic nitrogens is 2. The molecule has 0 radical (unpaired) electrons. The SMILES string of the molecule is CCC(C)(C)Nc1cc2nc[nH]c(=O)c2cc1[N+](=O)[O-]. The lowest BCUT2D eigenvalue weighted by Crippen LogP contribution is -2.30. The van der Waals surface area contributed by atoms with Gasteiger partial charge in [0.25, 0.3) is 11.2 Å². The summed E-state index contributed by atoms with van der Waals surface area (Å²) in [5.74, 6) is 0. The van der Waals surface area contributed by atoms with Gasteiger partial charge in [0.1, 0.15) is 5.69 Å². The molecule has 0 fully saturated rings. The van der Waals surface area contributed by atoms with E-state index in [1.54, 1.807) is 6.07 Å². The highest BCUT2D eigenvalue weighted by Crippen LogP contribution is 2.30. The first-order valence-corrected chi connectivity index (χ1v) is 6.28. The highest BCUT2D eigenvalue weighted by Gasteiger charge is 2.22. The summed E-state index contributed by atoms with van der Waals surface area (Å²) in [6.45, 7) is 5.89. The molecule has 0 bridgehead atoms. The van der Waals surface area contributed by atoms with Gasteiger partial charge in [0, 0.05) is 11.6 Å². The maximum atomic E-state index is 11.7. The van der Waals surface area contributed by atoms with E-state index in [1.165, 1.54) is 12.4 Å². The van der Waals surface area contributed by atoms with Gasteiger partial charge in [-0.05, 0) is 26.3 Å². The molecule has 20 heavy (non-hydrogen) atoms. The largest absolute Gasteiger partial charge is 0.375 e. The highest BCUT2D eigenvalue weighted by molar-refractivity contribution is 5.86. The predicted octanol–water partition coefficient (Wildman–Crippen LogP) is 2.43. The molecule has 7 nitrogen and oxygen atoms in total. The number of benzene rings is 1. The topological polar surface area (TPSA) is 101 Å². The summed E-state index contributed by atoms with van der Waals surface area (Å²) in [7, 11) is 0. The van der Waals surface area contributed by atoms with Crippen LogP contribution in [0, 0.1) is 10.1 Å². The van der Waals surface area contributed by atoms with Gasteiger partial charge in [-0.15, -0.1) is 0 Å². The van der Waals surface area contributed by atoms with Gasteiger partial charge < -0.3 is 10.3 Å². The number of nitrogens with one attached hydrogen (secondary N) is 2. The summed E-state index contributed by atoms with van der Waals surface area (Å²) < 4.78 is 0. The van der Waals surface area contributed by atoms with Gasteiger partial charge in [-0.1, -0.05) is 6.92 Å². The normalized spacial score (nSPS) is 11.6. The van der Waals surface area contributed by atoms with Crippen molar-refractivity contribution in [3.05, 3.63) is 38.9 Å². The number of aromatic amines is 1. The zero-order valence-corrected chi connectivity index (χ0v) is 11.6. The molecule has 0 saturated heterocycles. The van der Waals surface area contributed by atoms with Crippen molar-refractivity contribution in [3.8, 4) is 0 Å². The van der Waals surface area contributed by atoms with Crippen molar-refractivity contribution < 1.29 is 4.92 Å². The fourth-order valence-corrected chi connectivity index (χ4v) is 1.81.